The van der Waals surface area contributed by atoms with Crippen LogP contribution in [0.3, 0.4) is 0 Å². The summed E-state index contributed by atoms with van der Waals surface area (Å²) in [6.07, 6.45) is 0. The smallest absolute Gasteiger partial charge is 0.140 e. The Labute approximate surface area is 377 Å². The van der Waals surface area contributed by atoms with E-state index in [1.165, 1.54) is 20.2 Å². The largest absolute Gasteiger partial charge is 0.309 e. The van der Waals surface area contributed by atoms with Crippen molar-refractivity contribution in [1.29, 1.82) is 0 Å². The summed E-state index contributed by atoms with van der Waals surface area (Å²) in [5.41, 5.74) is 10.8. The summed E-state index contributed by atoms with van der Waals surface area (Å²) >= 11 is 1.80. The van der Waals surface area contributed by atoms with Gasteiger partial charge in [-0.1, -0.05) is 152 Å². The van der Waals surface area contributed by atoms with E-state index in [0.29, 0.717) is 22.4 Å². The molecule has 9 aromatic carbocycles. The number of hydrogen-bond acceptors (Lipinski definition) is 2. The molecule has 0 N–H and O–H groups in total. The van der Waals surface area contributed by atoms with Gasteiger partial charge in [-0.15, -0.1) is 11.3 Å². The average Bonchev–Trinajstić information content (AvgIpc) is 4.13. The number of para-hydroxylation sites is 6. The molecular weight excluding hydrogens is 797 g/mol. The molecule has 0 spiro atoms. The lowest BCUT2D eigenvalue weighted by molar-refractivity contribution is 1.06. The lowest BCUT2D eigenvalue weighted by Gasteiger charge is -2.20. The number of rotatable bonds is 5. The highest BCUT2D eigenvalue weighted by Crippen LogP contribution is 2.45. The van der Waals surface area contributed by atoms with Crippen LogP contribution in [0, 0.1) is 0 Å². The second-order valence-electron chi connectivity index (χ2n) is 16.4. The molecule has 0 saturated carbocycles. The number of thiophene rings is 1. The average molecular weight is 837 g/mol. The first-order valence-electron chi connectivity index (χ1n) is 23.5. The Bertz CT molecular complexity index is 4350. The second kappa shape index (κ2) is 13.6. The molecule has 5 heterocycles. The number of nitrogens with zero attached hydrogens (tertiary/aromatic N) is 4. The lowest BCUT2D eigenvalue weighted by atomic mass is 9.94. The summed E-state index contributed by atoms with van der Waals surface area (Å²) in [6.45, 7) is 0. The van der Waals surface area contributed by atoms with Crippen LogP contribution in [-0.2, 0) is 0 Å². The van der Waals surface area contributed by atoms with E-state index >= 15 is 0 Å². The third-order valence-electron chi connectivity index (χ3n) is 13.0. The molecule has 14 aromatic rings. The van der Waals surface area contributed by atoms with Crippen LogP contribution < -0.4 is 0 Å². The zero-order valence-electron chi connectivity index (χ0n) is 38.2. The third kappa shape index (κ3) is 5.07. The Morgan fingerprint density at radius 2 is 0.922 bits per heavy atom. The molecule has 0 atom stereocenters. The van der Waals surface area contributed by atoms with Gasteiger partial charge in [-0.25, -0.2) is 4.98 Å². The van der Waals surface area contributed by atoms with Gasteiger partial charge in [0.05, 0.1) is 55.7 Å². The fourth-order valence-corrected chi connectivity index (χ4v) is 11.4. The van der Waals surface area contributed by atoms with E-state index in [1.54, 1.807) is 11.3 Å². The summed E-state index contributed by atoms with van der Waals surface area (Å²) in [5.74, 6) is 0.526. The maximum Gasteiger partial charge on any atom is 0.140 e. The van der Waals surface area contributed by atoms with Crippen molar-refractivity contribution in [3.05, 3.63) is 218 Å². The summed E-state index contributed by atoms with van der Waals surface area (Å²) in [7, 11) is 0. The first-order chi connectivity index (χ1) is 33.4. The molecule has 0 unspecified atom stereocenters. The van der Waals surface area contributed by atoms with Crippen LogP contribution >= 0.6 is 11.3 Å². The van der Waals surface area contributed by atoms with E-state index in [1.807, 2.05) is 28.8 Å². The first-order valence-corrected chi connectivity index (χ1v) is 22.3. The highest BCUT2D eigenvalue weighted by Gasteiger charge is 2.24. The molecule has 0 saturated heterocycles. The van der Waals surface area contributed by atoms with Gasteiger partial charge < -0.3 is 9.13 Å². The molecule has 14 rings (SSSR count). The van der Waals surface area contributed by atoms with Gasteiger partial charge in [0.2, 0.25) is 0 Å². The van der Waals surface area contributed by atoms with Crippen molar-refractivity contribution in [3.63, 3.8) is 0 Å². The van der Waals surface area contributed by atoms with Gasteiger partial charge in [0.1, 0.15) is 5.82 Å². The predicted molar refractivity (Wildman–Crippen MR) is 271 cm³/mol. The van der Waals surface area contributed by atoms with Crippen molar-refractivity contribution in [1.82, 2.24) is 18.7 Å². The fraction of sp³-hybridized carbons (Fsp3) is 0. The monoisotopic (exact) mass is 836 g/mol. The number of pyridine rings is 1. The Kier molecular flexibility index (Phi) is 6.72. The molecular formula is C59H36N4S. The number of hydrogen-bond donors (Lipinski definition) is 0. The van der Waals surface area contributed by atoms with Crippen LogP contribution in [0.25, 0.3) is 125 Å². The normalized spacial score (nSPS) is 12.9. The van der Waals surface area contributed by atoms with Crippen molar-refractivity contribution in [2.45, 2.75) is 0 Å². The van der Waals surface area contributed by atoms with Crippen LogP contribution in [-0.4, -0.2) is 18.7 Å². The second-order valence-corrected chi connectivity index (χ2v) is 17.5. The topological polar surface area (TPSA) is 27.7 Å². The molecule has 0 aliphatic carbocycles. The van der Waals surface area contributed by atoms with E-state index in [-0.39, 0.29) is 24.2 Å². The van der Waals surface area contributed by atoms with Gasteiger partial charge >= 0.3 is 0 Å². The van der Waals surface area contributed by atoms with E-state index in [2.05, 4.69) is 179 Å². The highest BCUT2D eigenvalue weighted by atomic mass is 32.1. The molecule has 64 heavy (non-hydrogen) atoms. The van der Waals surface area contributed by atoms with Gasteiger partial charge in [-0.3, -0.25) is 4.57 Å². The van der Waals surface area contributed by atoms with Crippen LogP contribution in [0.4, 0.5) is 0 Å². The molecule has 5 aromatic heterocycles. The lowest BCUT2D eigenvalue weighted by Crippen LogP contribution is -2.05. The van der Waals surface area contributed by atoms with E-state index in [9.17, 15) is 2.74 Å². The van der Waals surface area contributed by atoms with Gasteiger partial charge in [0.15, 0.2) is 0 Å². The molecule has 0 radical (unpaired) electrons. The van der Waals surface area contributed by atoms with Crippen molar-refractivity contribution < 1.29 is 5.48 Å². The van der Waals surface area contributed by atoms with Crippen molar-refractivity contribution >= 4 is 96.9 Å². The molecule has 0 bridgehead atoms. The molecule has 0 aliphatic heterocycles. The Hall–Kier alpha value is -8.25. The molecule has 0 aliphatic rings. The quantitative estimate of drug-likeness (QED) is 0.170. The number of benzene rings is 9. The van der Waals surface area contributed by atoms with Crippen LogP contribution in [0.15, 0.2) is 218 Å². The van der Waals surface area contributed by atoms with Gasteiger partial charge in [-0.2, -0.15) is 0 Å². The maximum atomic E-state index is 9.46. The molecule has 0 fully saturated rings. The van der Waals surface area contributed by atoms with Crippen molar-refractivity contribution in [3.8, 4) is 39.6 Å². The molecule has 298 valence electrons. The van der Waals surface area contributed by atoms with Crippen LogP contribution in [0.5, 0.6) is 0 Å². The molecule has 0 amide bonds. The minimum Gasteiger partial charge on any atom is -0.309 e. The zero-order chi connectivity index (χ0) is 45.4. The Morgan fingerprint density at radius 1 is 0.391 bits per heavy atom. The van der Waals surface area contributed by atoms with E-state index < -0.39 is 0 Å². The van der Waals surface area contributed by atoms with Gasteiger partial charge in [-0.05, 0) is 71.8 Å². The predicted octanol–water partition coefficient (Wildman–Crippen LogP) is 16.1. The third-order valence-corrected chi connectivity index (χ3v) is 14.1. The molecule has 4 nitrogen and oxygen atoms in total. The van der Waals surface area contributed by atoms with E-state index in [0.717, 1.165) is 82.6 Å². The van der Waals surface area contributed by atoms with Crippen molar-refractivity contribution in [2.75, 3.05) is 0 Å². The SMILES string of the molecule is [2H]c1c([2H])c([2H])c2c(c1[2H])c1ccccc1n2-c1cc(-n2c3ccccc3c3ccccc32)cc(-c2c(-c3ccc4c(c3)sc3ccccc34)cccc2-n2c3ccccc3c3ccccc32)n1. The minimum absolute atomic E-state index is 0.0784. The Balaban J connectivity index is 1.16. The van der Waals surface area contributed by atoms with Gasteiger partial charge in [0, 0.05) is 64.1 Å². The Morgan fingerprint density at radius 3 is 1.58 bits per heavy atom. The summed E-state index contributed by atoms with van der Waals surface area (Å²) in [6, 6.07) is 67.3. The van der Waals surface area contributed by atoms with Gasteiger partial charge in [0.25, 0.3) is 0 Å². The summed E-state index contributed by atoms with van der Waals surface area (Å²) in [5, 5.41) is 8.20. The maximum absolute atomic E-state index is 9.46. The highest BCUT2D eigenvalue weighted by molar-refractivity contribution is 7.25. The van der Waals surface area contributed by atoms with E-state index in [4.69, 9.17) is 7.73 Å². The van der Waals surface area contributed by atoms with Crippen molar-refractivity contribution in [2.24, 2.45) is 0 Å². The summed E-state index contributed by atoms with van der Waals surface area (Å²) in [4.78, 5) is 5.74. The van der Waals surface area contributed by atoms with Crippen LogP contribution in [0.1, 0.15) is 5.48 Å². The van der Waals surface area contributed by atoms with Crippen LogP contribution in [0.2, 0.25) is 0 Å². The minimum atomic E-state index is -0.291. The fourth-order valence-electron chi connectivity index (χ4n) is 10.3. The zero-order valence-corrected chi connectivity index (χ0v) is 35.0. The number of aromatic nitrogens is 4. The first kappa shape index (κ1) is 31.6. The summed E-state index contributed by atoms with van der Waals surface area (Å²) < 4.78 is 45.4. The number of fused-ring (bicyclic) bond motifs is 12. The molecule has 5 heteroatoms. The standard InChI is InChI=1S/C59H36N4S/c1-8-24-49-40(16-1)41-17-2-9-25-50(41)61(49)38-35-48(60-58(36-38)63-53-28-12-5-20-44(53)45-21-6-13-29-54(45)63)59-39(37-32-33-47-46-22-7-14-31-56(46)64-57(47)34-37)23-15-30-55(59)62-51-26-10-3-18-42(51)43-19-4-11-27-52(43)62/h1-36H/i5D,12D,20D,28D.